The summed E-state index contributed by atoms with van der Waals surface area (Å²) in [7, 11) is 4.28. The summed E-state index contributed by atoms with van der Waals surface area (Å²) in [5.74, 6) is 0. The van der Waals surface area contributed by atoms with Crippen LogP contribution in [0.2, 0.25) is 0 Å². The van der Waals surface area contributed by atoms with Gasteiger partial charge in [-0.1, -0.05) is 18.2 Å². The van der Waals surface area contributed by atoms with Crippen LogP contribution >= 0.6 is 0 Å². The van der Waals surface area contributed by atoms with E-state index in [2.05, 4.69) is 58.3 Å². The first-order chi connectivity index (χ1) is 10.7. The molecule has 0 aliphatic carbocycles. The van der Waals surface area contributed by atoms with Crippen molar-refractivity contribution in [3.8, 4) is 0 Å². The quantitative estimate of drug-likeness (QED) is 0.848. The molecule has 0 N–H and O–H groups in total. The molecule has 0 spiro atoms. The number of aromatic nitrogens is 2. The third-order valence-electron chi connectivity index (χ3n) is 4.78. The number of para-hydroxylation sites is 1. The van der Waals surface area contributed by atoms with Crippen molar-refractivity contribution in [1.29, 1.82) is 0 Å². The highest BCUT2D eigenvalue weighted by Crippen LogP contribution is 2.21. The lowest BCUT2D eigenvalue weighted by Gasteiger charge is -2.39. The van der Waals surface area contributed by atoms with Crippen molar-refractivity contribution < 1.29 is 0 Å². The summed E-state index contributed by atoms with van der Waals surface area (Å²) in [4.78, 5) is 5.04. The second kappa shape index (κ2) is 6.97. The van der Waals surface area contributed by atoms with E-state index >= 15 is 0 Å². The van der Waals surface area contributed by atoms with Crippen molar-refractivity contribution in [2.24, 2.45) is 7.05 Å². The molecule has 1 aromatic carbocycles. The topological polar surface area (TPSA) is 24.3 Å². The molecule has 1 saturated heterocycles. The standard InChI is InChI=1S/C18H26N4/c1-20(14-11-16-10-12-19-21(16)2)18-9-6-13-22(15-18)17-7-4-3-5-8-17/h3-5,7-8,10,12,18H,6,9,11,13-15H2,1-2H3. The van der Waals surface area contributed by atoms with Crippen molar-refractivity contribution in [3.63, 3.8) is 0 Å². The van der Waals surface area contributed by atoms with Gasteiger partial charge in [0.05, 0.1) is 0 Å². The molecule has 4 nitrogen and oxygen atoms in total. The predicted octanol–water partition coefficient (Wildman–Crippen LogP) is 2.56. The fourth-order valence-corrected chi connectivity index (χ4v) is 3.31. The maximum absolute atomic E-state index is 4.25. The lowest BCUT2D eigenvalue weighted by atomic mass is 10.0. The minimum absolute atomic E-state index is 0.641. The summed E-state index contributed by atoms with van der Waals surface area (Å²) in [5, 5.41) is 4.25. The Labute approximate surface area is 133 Å². The van der Waals surface area contributed by atoms with Gasteiger partial charge in [-0.15, -0.1) is 0 Å². The van der Waals surface area contributed by atoms with Crippen LogP contribution in [0.4, 0.5) is 5.69 Å². The van der Waals surface area contributed by atoms with Crippen LogP contribution < -0.4 is 4.90 Å². The van der Waals surface area contributed by atoms with Crippen LogP contribution in [-0.2, 0) is 13.5 Å². The summed E-state index contributed by atoms with van der Waals surface area (Å²) in [6, 6.07) is 13.5. The molecule has 3 rings (SSSR count). The maximum atomic E-state index is 4.25. The molecule has 22 heavy (non-hydrogen) atoms. The van der Waals surface area contributed by atoms with Gasteiger partial charge in [-0.05, 0) is 38.1 Å². The highest BCUT2D eigenvalue weighted by atomic mass is 15.3. The van der Waals surface area contributed by atoms with Crippen LogP contribution in [0, 0.1) is 0 Å². The monoisotopic (exact) mass is 298 g/mol. The number of aryl methyl sites for hydroxylation is 1. The van der Waals surface area contributed by atoms with Gasteiger partial charge < -0.3 is 9.80 Å². The summed E-state index contributed by atoms with van der Waals surface area (Å²) in [6.07, 6.45) is 5.52. The molecule has 2 heterocycles. The second-order valence-corrected chi connectivity index (χ2v) is 6.25. The van der Waals surface area contributed by atoms with E-state index in [-0.39, 0.29) is 0 Å². The van der Waals surface area contributed by atoms with Gasteiger partial charge >= 0.3 is 0 Å². The lowest BCUT2D eigenvalue weighted by Crippen LogP contribution is -2.47. The van der Waals surface area contributed by atoms with Gasteiger partial charge in [-0.25, -0.2) is 0 Å². The minimum Gasteiger partial charge on any atom is -0.370 e. The van der Waals surface area contributed by atoms with E-state index in [4.69, 9.17) is 0 Å². The van der Waals surface area contributed by atoms with Gasteiger partial charge in [0.2, 0.25) is 0 Å². The van der Waals surface area contributed by atoms with E-state index in [1.807, 2.05) is 17.9 Å². The number of benzene rings is 1. The largest absolute Gasteiger partial charge is 0.370 e. The summed E-state index contributed by atoms with van der Waals surface area (Å²) >= 11 is 0. The molecule has 1 aromatic heterocycles. The molecule has 2 aromatic rings. The summed E-state index contributed by atoms with van der Waals surface area (Å²) < 4.78 is 1.98. The van der Waals surface area contributed by atoms with Crippen LogP contribution in [0.1, 0.15) is 18.5 Å². The van der Waals surface area contributed by atoms with Crippen LogP contribution in [0.3, 0.4) is 0 Å². The zero-order chi connectivity index (χ0) is 15.4. The zero-order valence-corrected chi connectivity index (χ0v) is 13.7. The first kappa shape index (κ1) is 15.1. The number of hydrogen-bond acceptors (Lipinski definition) is 3. The van der Waals surface area contributed by atoms with Crippen molar-refractivity contribution in [2.45, 2.75) is 25.3 Å². The number of nitrogens with zero attached hydrogens (tertiary/aromatic N) is 4. The fourth-order valence-electron chi connectivity index (χ4n) is 3.31. The Morgan fingerprint density at radius 2 is 2.05 bits per heavy atom. The third-order valence-corrected chi connectivity index (χ3v) is 4.78. The van der Waals surface area contributed by atoms with Crippen LogP contribution in [0.25, 0.3) is 0 Å². The number of likely N-dealkylation sites (N-methyl/N-ethyl adjacent to an activating group) is 1. The predicted molar refractivity (Wildman–Crippen MR) is 91.2 cm³/mol. The smallest absolute Gasteiger partial charge is 0.0492 e. The van der Waals surface area contributed by atoms with E-state index in [9.17, 15) is 0 Å². The molecule has 1 atom stereocenters. The molecule has 118 valence electrons. The Bertz CT molecular complexity index is 578. The minimum atomic E-state index is 0.641. The van der Waals surface area contributed by atoms with E-state index in [0.717, 1.165) is 19.5 Å². The molecule has 0 saturated carbocycles. The average Bonchev–Trinajstić information content (AvgIpc) is 2.99. The van der Waals surface area contributed by atoms with Gasteiger partial charge in [0.25, 0.3) is 0 Å². The van der Waals surface area contributed by atoms with E-state index in [1.54, 1.807) is 0 Å². The third kappa shape index (κ3) is 3.50. The van der Waals surface area contributed by atoms with Crippen LogP contribution in [-0.4, -0.2) is 47.4 Å². The van der Waals surface area contributed by atoms with E-state index in [1.165, 1.54) is 30.8 Å². The van der Waals surface area contributed by atoms with Crippen LogP contribution in [0.15, 0.2) is 42.6 Å². The van der Waals surface area contributed by atoms with Gasteiger partial charge in [0.1, 0.15) is 0 Å². The average molecular weight is 298 g/mol. The molecule has 0 bridgehead atoms. The maximum Gasteiger partial charge on any atom is 0.0492 e. The van der Waals surface area contributed by atoms with Crippen molar-refractivity contribution >= 4 is 5.69 Å². The number of anilines is 1. The van der Waals surface area contributed by atoms with Crippen molar-refractivity contribution in [2.75, 3.05) is 31.6 Å². The molecular weight excluding hydrogens is 272 g/mol. The Balaban J connectivity index is 1.56. The molecule has 1 aliphatic heterocycles. The Morgan fingerprint density at radius 3 is 2.77 bits per heavy atom. The normalized spacial score (nSPS) is 18.9. The van der Waals surface area contributed by atoms with E-state index < -0.39 is 0 Å². The van der Waals surface area contributed by atoms with Gasteiger partial charge in [-0.2, -0.15) is 5.10 Å². The summed E-state index contributed by atoms with van der Waals surface area (Å²) in [6.45, 7) is 3.40. The molecule has 1 fully saturated rings. The Morgan fingerprint density at radius 1 is 1.23 bits per heavy atom. The molecule has 1 aliphatic rings. The highest BCUT2D eigenvalue weighted by molar-refractivity contribution is 5.46. The van der Waals surface area contributed by atoms with Crippen LogP contribution in [0.5, 0.6) is 0 Å². The number of rotatable bonds is 5. The SMILES string of the molecule is CN(CCc1ccnn1C)C1CCCN(c2ccccc2)C1. The van der Waals surface area contributed by atoms with Crippen molar-refractivity contribution in [1.82, 2.24) is 14.7 Å². The molecular formula is C18H26N4. The molecule has 0 amide bonds. The first-order valence-corrected chi connectivity index (χ1v) is 8.21. The van der Waals surface area contributed by atoms with Gasteiger partial charge in [-0.3, -0.25) is 4.68 Å². The highest BCUT2D eigenvalue weighted by Gasteiger charge is 2.23. The Kier molecular flexibility index (Phi) is 4.78. The Hall–Kier alpha value is -1.81. The number of piperidine rings is 1. The number of hydrogen-bond donors (Lipinski definition) is 0. The second-order valence-electron chi connectivity index (χ2n) is 6.25. The summed E-state index contributed by atoms with van der Waals surface area (Å²) in [5.41, 5.74) is 2.66. The zero-order valence-electron chi connectivity index (χ0n) is 13.7. The fraction of sp³-hybridized carbons (Fsp3) is 0.500. The van der Waals surface area contributed by atoms with E-state index in [0.29, 0.717) is 6.04 Å². The molecule has 1 unspecified atom stereocenters. The van der Waals surface area contributed by atoms with Crippen molar-refractivity contribution in [3.05, 3.63) is 48.3 Å². The van der Waals surface area contributed by atoms with Gasteiger partial charge in [0, 0.05) is 56.7 Å². The molecule has 0 radical (unpaired) electrons. The first-order valence-electron chi connectivity index (χ1n) is 8.21. The lowest BCUT2D eigenvalue weighted by molar-refractivity contribution is 0.216. The molecule has 4 heteroatoms. The van der Waals surface area contributed by atoms with Gasteiger partial charge in [0.15, 0.2) is 0 Å².